The Bertz CT molecular complexity index is 592. The van der Waals surface area contributed by atoms with Crippen LogP contribution in [-0.2, 0) is 4.74 Å². The second-order valence-electron chi connectivity index (χ2n) is 4.31. The molecule has 1 aliphatic rings. The Labute approximate surface area is 117 Å². The van der Waals surface area contributed by atoms with Gasteiger partial charge in [0.2, 0.25) is 0 Å². The van der Waals surface area contributed by atoms with Crippen LogP contribution in [0.1, 0.15) is 25.1 Å². The Kier molecular flexibility index (Phi) is 4.38. The molecule has 1 fully saturated rings. The van der Waals surface area contributed by atoms with Crippen LogP contribution in [0.5, 0.6) is 0 Å². The number of H-pyrrole nitrogens is 1. The normalized spacial score (nSPS) is 27.2. The predicted molar refractivity (Wildman–Crippen MR) is 74.4 cm³/mol. The van der Waals surface area contributed by atoms with Gasteiger partial charge >= 0.3 is 5.69 Å². The van der Waals surface area contributed by atoms with Crippen LogP contribution in [-0.4, -0.2) is 32.2 Å². The number of aromatic nitrogens is 2. The van der Waals surface area contributed by atoms with E-state index in [9.17, 15) is 9.59 Å². The highest BCUT2D eigenvalue weighted by Gasteiger charge is 2.34. The lowest BCUT2D eigenvalue weighted by molar-refractivity contribution is -0.0235. The first-order valence-electron chi connectivity index (χ1n) is 5.95. The summed E-state index contributed by atoms with van der Waals surface area (Å²) in [5, 5.41) is 9.14. The van der Waals surface area contributed by atoms with Crippen molar-refractivity contribution in [2.75, 3.05) is 6.61 Å². The second kappa shape index (κ2) is 5.85. The molecule has 19 heavy (non-hydrogen) atoms. The first-order chi connectivity index (χ1) is 9.06. The first kappa shape index (κ1) is 14.2. The molecule has 1 saturated heterocycles. The van der Waals surface area contributed by atoms with Crippen molar-refractivity contribution in [2.24, 2.45) is 0 Å². The summed E-state index contributed by atoms with van der Waals surface area (Å²) >= 11 is 3.40. The number of nitrogens with one attached hydrogen (secondary N) is 1. The topological polar surface area (TPSA) is 84.3 Å². The van der Waals surface area contributed by atoms with E-state index in [-0.39, 0.29) is 17.5 Å². The number of halogens is 1. The summed E-state index contributed by atoms with van der Waals surface area (Å²) in [4.78, 5) is 25.6. The van der Waals surface area contributed by atoms with Crippen LogP contribution >= 0.6 is 15.9 Å². The fraction of sp³-hybridized carbons (Fsp3) is 0.500. The quantitative estimate of drug-likeness (QED) is 0.795. The molecule has 1 aromatic heterocycles. The molecule has 7 heteroatoms. The van der Waals surface area contributed by atoms with Crippen molar-refractivity contribution in [3.05, 3.63) is 38.7 Å². The van der Waals surface area contributed by atoms with Crippen LogP contribution in [0.2, 0.25) is 0 Å². The molecule has 104 valence electrons. The third kappa shape index (κ3) is 2.88. The van der Waals surface area contributed by atoms with Gasteiger partial charge in [-0.15, -0.1) is 0 Å². The van der Waals surface area contributed by atoms with Gasteiger partial charge < -0.3 is 9.84 Å². The van der Waals surface area contributed by atoms with Crippen LogP contribution in [0.15, 0.2) is 21.9 Å². The maximum atomic E-state index is 11.8. The van der Waals surface area contributed by atoms with E-state index in [4.69, 9.17) is 9.84 Å². The number of hydrogen-bond donors (Lipinski definition) is 2. The van der Waals surface area contributed by atoms with Gasteiger partial charge in [-0.1, -0.05) is 28.1 Å². The van der Waals surface area contributed by atoms with E-state index in [0.29, 0.717) is 12.0 Å². The number of rotatable bonds is 3. The standard InChI is InChI=1S/C12H15BrN2O4/c1-2-3-7-5-15(12(18)14-11(7)17)10-4-8(13)9(6-16)19-10/h2-3,5,8-10,16H,4,6H2,1H3,(H,14,17,18)/b3-2+. The molecule has 2 heterocycles. The summed E-state index contributed by atoms with van der Waals surface area (Å²) in [6.45, 7) is 1.67. The Morgan fingerprint density at radius 1 is 1.63 bits per heavy atom. The maximum Gasteiger partial charge on any atom is 0.330 e. The van der Waals surface area contributed by atoms with Crippen LogP contribution in [0.4, 0.5) is 0 Å². The summed E-state index contributed by atoms with van der Waals surface area (Å²) < 4.78 is 6.93. The largest absolute Gasteiger partial charge is 0.394 e. The molecule has 3 atom stereocenters. The van der Waals surface area contributed by atoms with Gasteiger partial charge in [-0.05, 0) is 6.92 Å². The number of allylic oxidation sites excluding steroid dienone is 1. The summed E-state index contributed by atoms with van der Waals surface area (Å²) in [6.07, 6.45) is 4.53. The van der Waals surface area contributed by atoms with Gasteiger partial charge in [-0.3, -0.25) is 14.3 Å². The minimum atomic E-state index is -0.512. The molecule has 2 rings (SSSR count). The van der Waals surface area contributed by atoms with E-state index in [1.165, 1.54) is 10.8 Å². The van der Waals surface area contributed by atoms with E-state index in [2.05, 4.69) is 20.9 Å². The highest BCUT2D eigenvalue weighted by molar-refractivity contribution is 9.09. The summed E-state index contributed by atoms with van der Waals surface area (Å²) in [5.41, 5.74) is -0.544. The van der Waals surface area contributed by atoms with Gasteiger partial charge in [0.05, 0.1) is 18.3 Å². The van der Waals surface area contributed by atoms with E-state index < -0.39 is 17.5 Å². The van der Waals surface area contributed by atoms with Crippen molar-refractivity contribution in [3.8, 4) is 0 Å². The van der Waals surface area contributed by atoms with E-state index in [1.807, 2.05) is 0 Å². The van der Waals surface area contributed by atoms with Crippen molar-refractivity contribution in [3.63, 3.8) is 0 Å². The van der Waals surface area contributed by atoms with Gasteiger partial charge in [-0.2, -0.15) is 0 Å². The highest BCUT2D eigenvalue weighted by atomic mass is 79.9. The Morgan fingerprint density at radius 2 is 2.37 bits per heavy atom. The van der Waals surface area contributed by atoms with Gasteiger partial charge in [0.1, 0.15) is 6.23 Å². The zero-order chi connectivity index (χ0) is 14.0. The monoisotopic (exact) mass is 330 g/mol. The van der Waals surface area contributed by atoms with Crippen LogP contribution in [0, 0.1) is 0 Å². The first-order valence-corrected chi connectivity index (χ1v) is 6.87. The van der Waals surface area contributed by atoms with Crippen LogP contribution in [0.25, 0.3) is 6.08 Å². The predicted octanol–water partition coefficient (Wildman–Crippen LogP) is 0.613. The van der Waals surface area contributed by atoms with Crippen molar-refractivity contribution in [2.45, 2.75) is 30.5 Å². The summed E-state index contributed by atoms with van der Waals surface area (Å²) in [7, 11) is 0. The smallest absolute Gasteiger partial charge is 0.330 e. The number of aromatic amines is 1. The number of hydrogen-bond acceptors (Lipinski definition) is 4. The molecule has 0 aromatic carbocycles. The summed E-state index contributed by atoms with van der Waals surface area (Å²) in [6, 6.07) is 0. The van der Waals surface area contributed by atoms with Gasteiger partial charge in [0.15, 0.2) is 0 Å². The number of nitrogens with zero attached hydrogens (tertiary/aromatic N) is 1. The SMILES string of the molecule is C/C=C/c1cn(C2CC(Br)C(CO)O2)c(=O)[nH]c1=O. The third-order valence-corrected chi connectivity index (χ3v) is 3.96. The Morgan fingerprint density at radius 3 is 2.95 bits per heavy atom. The van der Waals surface area contributed by atoms with Crippen LogP contribution in [0.3, 0.4) is 0 Å². The molecule has 0 aliphatic carbocycles. The third-order valence-electron chi connectivity index (χ3n) is 2.99. The van der Waals surface area contributed by atoms with Crippen LogP contribution < -0.4 is 11.2 Å². The van der Waals surface area contributed by atoms with E-state index in [0.717, 1.165) is 0 Å². The zero-order valence-electron chi connectivity index (χ0n) is 10.4. The average Bonchev–Trinajstić information content (AvgIpc) is 2.74. The fourth-order valence-electron chi connectivity index (χ4n) is 2.04. The second-order valence-corrected chi connectivity index (χ2v) is 5.49. The van der Waals surface area contributed by atoms with Crippen molar-refractivity contribution >= 4 is 22.0 Å². The van der Waals surface area contributed by atoms with Gasteiger partial charge in [-0.25, -0.2) is 4.79 Å². The minimum absolute atomic E-state index is 0.0218. The molecule has 0 bridgehead atoms. The molecule has 2 N–H and O–H groups in total. The molecule has 0 amide bonds. The lowest BCUT2D eigenvalue weighted by Gasteiger charge is -2.14. The molecule has 1 aliphatic heterocycles. The van der Waals surface area contributed by atoms with Crippen molar-refractivity contribution in [1.29, 1.82) is 0 Å². The molecule has 1 aromatic rings. The Hall–Kier alpha value is -1.18. The van der Waals surface area contributed by atoms with Gasteiger partial charge in [0.25, 0.3) is 5.56 Å². The number of alkyl halides is 1. The average molecular weight is 331 g/mol. The van der Waals surface area contributed by atoms with Gasteiger partial charge in [0, 0.05) is 17.4 Å². The maximum absolute atomic E-state index is 11.8. The van der Waals surface area contributed by atoms with E-state index >= 15 is 0 Å². The lowest BCUT2D eigenvalue weighted by Crippen LogP contribution is -2.33. The number of ether oxygens (including phenoxy) is 1. The highest BCUT2D eigenvalue weighted by Crippen LogP contribution is 2.32. The fourth-order valence-corrected chi connectivity index (χ4v) is 2.65. The summed E-state index contributed by atoms with van der Waals surface area (Å²) in [5.74, 6) is 0. The van der Waals surface area contributed by atoms with E-state index in [1.54, 1.807) is 19.1 Å². The molecule has 0 saturated carbocycles. The minimum Gasteiger partial charge on any atom is -0.394 e. The number of aliphatic hydroxyl groups excluding tert-OH is 1. The molecular weight excluding hydrogens is 316 g/mol. The van der Waals surface area contributed by atoms with Crippen molar-refractivity contribution in [1.82, 2.24) is 9.55 Å². The van der Waals surface area contributed by atoms with Crippen molar-refractivity contribution < 1.29 is 9.84 Å². The Balaban J connectivity index is 2.38. The number of aliphatic hydroxyl groups is 1. The molecule has 0 spiro atoms. The lowest BCUT2D eigenvalue weighted by atomic mass is 10.2. The zero-order valence-corrected chi connectivity index (χ0v) is 12.0. The molecule has 0 radical (unpaired) electrons. The molecular formula is C12H15BrN2O4. The molecule has 6 nitrogen and oxygen atoms in total. The molecule has 3 unspecified atom stereocenters.